The largest absolute Gasteiger partial charge is 0.515 e. The van der Waals surface area contributed by atoms with E-state index >= 15 is 0 Å². The highest BCUT2D eigenvalue weighted by molar-refractivity contribution is 6.60. The molecule has 24 heavy (non-hydrogen) atoms. The first-order valence-electron chi connectivity index (χ1n) is 7.98. The Kier molecular flexibility index (Phi) is 4.99. The fraction of sp³-hybridized carbons (Fsp3) is 0.100. The standard InChI is InChI=1S/C20H20BNO2/c1-16-10-6-8-14-19(16)22(20-15-9-7-11-17(20)2)24-21(23)18-12-4-3-5-13-18/h3-15,23H,1-2H3. The van der Waals surface area contributed by atoms with Gasteiger partial charge in [0.15, 0.2) is 0 Å². The van der Waals surface area contributed by atoms with Crippen molar-refractivity contribution in [2.24, 2.45) is 0 Å². The molecule has 3 rings (SSSR count). The first kappa shape index (κ1) is 16.3. The van der Waals surface area contributed by atoms with Gasteiger partial charge in [0.1, 0.15) is 0 Å². The van der Waals surface area contributed by atoms with Gasteiger partial charge in [0.05, 0.1) is 11.4 Å². The van der Waals surface area contributed by atoms with E-state index in [2.05, 4.69) is 0 Å². The molecule has 0 aliphatic rings. The van der Waals surface area contributed by atoms with E-state index in [9.17, 15) is 5.02 Å². The van der Waals surface area contributed by atoms with Crippen molar-refractivity contribution in [2.45, 2.75) is 13.8 Å². The van der Waals surface area contributed by atoms with Crippen LogP contribution in [0.4, 0.5) is 11.4 Å². The van der Waals surface area contributed by atoms with Crippen molar-refractivity contribution < 1.29 is 9.78 Å². The molecule has 0 aromatic heterocycles. The van der Waals surface area contributed by atoms with Gasteiger partial charge in [-0.2, -0.15) is 0 Å². The van der Waals surface area contributed by atoms with Crippen LogP contribution in [-0.2, 0) is 4.76 Å². The number of hydrogen-bond acceptors (Lipinski definition) is 3. The summed E-state index contributed by atoms with van der Waals surface area (Å²) in [5, 5.41) is 12.2. The van der Waals surface area contributed by atoms with Crippen LogP contribution in [0.1, 0.15) is 11.1 Å². The molecule has 0 atom stereocenters. The van der Waals surface area contributed by atoms with Crippen LogP contribution in [0.5, 0.6) is 0 Å². The summed E-state index contributed by atoms with van der Waals surface area (Å²) in [6.07, 6.45) is 0. The van der Waals surface area contributed by atoms with Crippen molar-refractivity contribution in [1.29, 1.82) is 0 Å². The summed E-state index contributed by atoms with van der Waals surface area (Å²) < 4.78 is 5.96. The summed E-state index contributed by atoms with van der Waals surface area (Å²) in [6.45, 7) is 4.05. The lowest BCUT2D eigenvalue weighted by atomic mass is 9.80. The van der Waals surface area contributed by atoms with Crippen molar-refractivity contribution >= 4 is 24.0 Å². The van der Waals surface area contributed by atoms with Gasteiger partial charge in [0, 0.05) is 0 Å². The Morgan fingerprint density at radius 3 is 1.67 bits per heavy atom. The Morgan fingerprint density at radius 2 is 1.17 bits per heavy atom. The van der Waals surface area contributed by atoms with Gasteiger partial charge in [-0.3, -0.25) is 4.76 Å². The Morgan fingerprint density at radius 1 is 0.708 bits per heavy atom. The molecule has 0 bridgehead atoms. The number of hydrogen-bond donors (Lipinski definition) is 1. The van der Waals surface area contributed by atoms with E-state index in [0.717, 1.165) is 22.5 Å². The second kappa shape index (κ2) is 7.34. The topological polar surface area (TPSA) is 32.7 Å². The number of benzene rings is 3. The quantitative estimate of drug-likeness (QED) is 0.574. The summed E-state index contributed by atoms with van der Waals surface area (Å²) >= 11 is 0. The molecular weight excluding hydrogens is 297 g/mol. The molecule has 0 heterocycles. The summed E-state index contributed by atoms with van der Waals surface area (Å²) in [7, 11) is -1.05. The molecule has 1 N–H and O–H groups in total. The lowest BCUT2D eigenvalue weighted by Gasteiger charge is -2.28. The third kappa shape index (κ3) is 3.50. The van der Waals surface area contributed by atoms with E-state index < -0.39 is 7.12 Å². The van der Waals surface area contributed by atoms with Gasteiger partial charge in [-0.15, -0.1) is 0 Å². The summed E-state index contributed by atoms with van der Waals surface area (Å²) in [4.78, 5) is 0. The van der Waals surface area contributed by atoms with E-state index in [1.807, 2.05) is 92.7 Å². The Labute approximate surface area is 143 Å². The minimum Gasteiger partial charge on any atom is -0.422 e. The maximum Gasteiger partial charge on any atom is 0.515 e. The lowest BCUT2D eigenvalue weighted by molar-refractivity contribution is 0.273. The monoisotopic (exact) mass is 317 g/mol. The van der Waals surface area contributed by atoms with Gasteiger partial charge in [-0.05, 0) is 42.6 Å². The predicted octanol–water partition coefficient (Wildman–Crippen LogP) is 3.76. The first-order valence-corrected chi connectivity index (χ1v) is 7.98. The van der Waals surface area contributed by atoms with Crippen LogP contribution in [0, 0.1) is 13.8 Å². The van der Waals surface area contributed by atoms with E-state index in [1.165, 1.54) is 0 Å². The van der Waals surface area contributed by atoms with E-state index in [1.54, 1.807) is 5.06 Å². The summed E-state index contributed by atoms with van der Waals surface area (Å²) in [5.41, 5.74) is 4.66. The Hall–Kier alpha value is -2.56. The minimum atomic E-state index is -1.05. The first-order chi connectivity index (χ1) is 11.7. The molecule has 0 saturated carbocycles. The Balaban J connectivity index is 2.00. The fourth-order valence-corrected chi connectivity index (χ4v) is 2.60. The average molecular weight is 317 g/mol. The number of aryl methyl sites for hydroxylation is 2. The highest BCUT2D eigenvalue weighted by Crippen LogP contribution is 2.31. The van der Waals surface area contributed by atoms with Gasteiger partial charge >= 0.3 is 7.12 Å². The van der Waals surface area contributed by atoms with Crippen LogP contribution >= 0.6 is 0 Å². The smallest absolute Gasteiger partial charge is 0.422 e. The van der Waals surface area contributed by atoms with Crippen LogP contribution in [0.15, 0.2) is 78.9 Å². The van der Waals surface area contributed by atoms with Crippen molar-refractivity contribution in [3.05, 3.63) is 90.0 Å². The molecule has 120 valence electrons. The van der Waals surface area contributed by atoms with Crippen molar-refractivity contribution in [3.63, 3.8) is 0 Å². The Bertz CT molecular complexity index is 762. The van der Waals surface area contributed by atoms with Crippen molar-refractivity contribution in [2.75, 3.05) is 5.06 Å². The molecular formula is C20H20BNO2. The molecule has 0 aliphatic carbocycles. The van der Waals surface area contributed by atoms with Gasteiger partial charge in [-0.1, -0.05) is 66.7 Å². The third-order valence-electron chi connectivity index (χ3n) is 3.96. The highest BCUT2D eigenvalue weighted by atomic mass is 16.7. The normalized spacial score (nSPS) is 10.5. The third-order valence-corrected chi connectivity index (χ3v) is 3.96. The maximum absolute atomic E-state index is 10.5. The van der Waals surface area contributed by atoms with Crippen molar-refractivity contribution in [3.8, 4) is 0 Å². The second-order valence-electron chi connectivity index (χ2n) is 5.74. The SMILES string of the molecule is Cc1ccccc1N(OB(O)c1ccccc1)c1ccccc1C. The van der Waals surface area contributed by atoms with Crippen molar-refractivity contribution in [1.82, 2.24) is 0 Å². The summed E-state index contributed by atoms with van der Waals surface area (Å²) in [5.74, 6) is 0. The van der Waals surface area contributed by atoms with Gasteiger partial charge in [-0.25, -0.2) is 5.06 Å². The van der Waals surface area contributed by atoms with Gasteiger partial charge in [0.2, 0.25) is 0 Å². The van der Waals surface area contributed by atoms with Crippen LogP contribution in [0.2, 0.25) is 0 Å². The van der Waals surface area contributed by atoms with Crippen LogP contribution < -0.4 is 10.5 Å². The number of nitrogens with zero attached hydrogens (tertiary/aromatic N) is 1. The molecule has 0 aliphatic heterocycles. The lowest BCUT2D eigenvalue weighted by Crippen LogP contribution is -2.39. The van der Waals surface area contributed by atoms with Crippen LogP contribution in [0.3, 0.4) is 0 Å². The zero-order valence-corrected chi connectivity index (χ0v) is 13.9. The molecule has 0 spiro atoms. The molecule has 3 aromatic rings. The molecule has 3 aromatic carbocycles. The molecule has 3 nitrogen and oxygen atoms in total. The summed E-state index contributed by atoms with van der Waals surface area (Å²) in [6, 6.07) is 25.3. The zero-order valence-electron chi connectivity index (χ0n) is 13.9. The minimum absolute atomic E-state index is 0.713. The van der Waals surface area contributed by atoms with Gasteiger partial charge in [0.25, 0.3) is 0 Å². The van der Waals surface area contributed by atoms with E-state index in [0.29, 0.717) is 5.46 Å². The molecule has 0 saturated heterocycles. The maximum atomic E-state index is 10.5. The number of anilines is 2. The molecule has 0 radical (unpaired) electrons. The van der Waals surface area contributed by atoms with E-state index in [4.69, 9.17) is 4.76 Å². The molecule has 0 amide bonds. The highest BCUT2D eigenvalue weighted by Gasteiger charge is 2.24. The van der Waals surface area contributed by atoms with E-state index in [-0.39, 0.29) is 0 Å². The number of para-hydroxylation sites is 2. The van der Waals surface area contributed by atoms with Gasteiger partial charge < -0.3 is 5.02 Å². The predicted molar refractivity (Wildman–Crippen MR) is 99.6 cm³/mol. The van der Waals surface area contributed by atoms with Crippen LogP contribution in [0.25, 0.3) is 0 Å². The zero-order chi connectivity index (χ0) is 16.9. The molecule has 0 fully saturated rings. The molecule has 0 unspecified atom stereocenters. The fourth-order valence-electron chi connectivity index (χ4n) is 2.60. The van der Waals surface area contributed by atoms with Crippen LogP contribution in [-0.4, -0.2) is 12.1 Å². The average Bonchev–Trinajstić information content (AvgIpc) is 2.62. The molecule has 4 heteroatoms. The number of rotatable bonds is 5. The second-order valence-corrected chi connectivity index (χ2v) is 5.74.